The Morgan fingerprint density at radius 1 is 0.683 bits per heavy atom. The van der Waals surface area contributed by atoms with Crippen LogP contribution in [0, 0.1) is 5.92 Å². The Balaban J connectivity index is -0.00000000860. The van der Waals surface area contributed by atoms with E-state index in [2.05, 4.69) is 5.32 Å². The summed E-state index contributed by atoms with van der Waals surface area (Å²) in [5.74, 6) is -0.625. The van der Waals surface area contributed by atoms with Gasteiger partial charge < -0.3 is 20.1 Å². The second-order valence-electron chi connectivity index (χ2n) is 5.12. The molecular weight excluding hydrogens is 509 g/mol. The first-order valence-electron chi connectivity index (χ1n) is 7.00. The van der Waals surface area contributed by atoms with E-state index in [1.807, 2.05) is 6.92 Å². The molecule has 0 fully saturated rings. The van der Waals surface area contributed by atoms with Gasteiger partial charge in [-0.1, -0.05) is 169 Å². The number of amides is 1. The first-order valence-corrected chi connectivity index (χ1v) is 7.00. The number of likely N-dealkylation sites (N-methyl/N-ethyl adjacent to an activating group) is 1. The van der Waals surface area contributed by atoms with Crippen LogP contribution in [0.25, 0.3) is 0 Å². The number of carboxylic acids is 1. The van der Waals surface area contributed by atoms with Crippen molar-refractivity contribution in [2.45, 2.75) is 189 Å². The minimum Gasteiger partial charge on any atom is -0.481 e. The molecule has 0 aliphatic heterocycles. The zero-order chi connectivity index (χ0) is 15.5. The number of nitrogens with zero attached hydrogens (tertiary/aromatic N) is 2. The van der Waals surface area contributed by atoms with E-state index in [0.717, 1.165) is 12.8 Å². The maximum Gasteiger partial charge on any atom is 0.303 e. The molecule has 0 bridgehead atoms. The van der Waals surface area contributed by atoms with Crippen molar-refractivity contribution in [3.05, 3.63) is 0 Å². The van der Waals surface area contributed by atoms with Gasteiger partial charge in [0, 0.05) is 40.2 Å². The summed E-state index contributed by atoms with van der Waals surface area (Å²) in [7, 11) is 7.53. The molecule has 2 N–H and O–H groups in total. The highest BCUT2D eigenvalue weighted by Crippen LogP contribution is 2.09. The molecule has 0 heterocycles. The molecule has 282 valence electrons. The largest absolute Gasteiger partial charge is 0.481 e. The summed E-state index contributed by atoms with van der Waals surface area (Å²) in [5, 5.41) is 12.0. The van der Waals surface area contributed by atoms with Gasteiger partial charge in [0.25, 0.3) is 0 Å². The van der Waals surface area contributed by atoms with Gasteiger partial charge in [-0.25, -0.2) is 0 Å². The minimum atomic E-state index is -0.766. The molecule has 2 radical (unpaired) electrons. The van der Waals surface area contributed by atoms with Gasteiger partial charge in [-0.15, -0.1) is 0 Å². The van der Waals surface area contributed by atoms with E-state index < -0.39 is 5.97 Å². The van der Waals surface area contributed by atoms with E-state index in [0.29, 0.717) is 26.3 Å². The summed E-state index contributed by atoms with van der Waals surface area (Å²) in [6, 6.07) is 0. The normalized spacial score (nSPS) is 6.05. The van der Waals surface area contributed by atoms with E-state index in [1.54, 1.807) is 16.8 Å². The molecule has 7 heteroatoms. The van der Waals surface area contributed by atoms with Crippen LogP contribution in [-0.2, 0) is 9.59 Å². The number of hydrogen-bond donors (Lipinski definition) is 2. The van der Waals surface area contributed by atoms with Gasteiger partial charge in [-0.3, -0.25) is 9.59 Å². The van der Waals surface area contributed by atoms with Crippen molar-refractivity contribution in [3.63, 3.8) is 0 Å². The first kappa shape index (κ1) is 188. The molecule has 0 rings (SSSR count). The van der Waals surface area contributed by atoms with E-state index in [4.69, 9.17) is 13.1 Å². The Kier molecular flexibility index (Phi) is 535. The second-order valence-corrected chi connectivity index (χ2v) is 5.12. The number of rotatable bonds is 11. The molecule has 0 saturated carbocycles. The quantitative estimate of drug-likeness (QED) is 0.178. The van der Waals surface area contributed by atoms with Gasteiger partial charge in [0.2, 0.25) is 5.91 Å². The van der Waals surface area contributed by atoms with Crippen LogP contribution < -0.4 is 5.32 Å². The SMILES string of the molecule is C.C.C.C.C.C.C.C.C.C.C.C.C.C.C.C.C.C.C.C.C.[B]N(CCN(C)C(C)=O)CNCC(CCC)CC(=O)O. The van der Waals surface area contributed by atoms with E-state index in [1.165, 1.54) is 6.92 Å². The van der Waals surface area contributed by atoms with Crippen LogP contribution in [0.3, 0.4) is 0 Å². The Bertz CT molecular complexity index is 311. The molecule has 1 amide bonds. The molecular formula is C34H110BN3O3. The second kappa shape index (κ2) is 116. The third-order valence-electron chi connectivity index (χ3n) is 3.17. The number of hydrogen-bond acceptors (Lipinski definition) is 4. The zero-order valence-electron chi connectivity index (χ0n) is 12.8. The highest BCUT2D eigenvalue weighted by Gasteiger charge is 2.12. The predicted molar refractivity (Wildman–Crippen MR) is 221 cm³/mol. The molecule has 0 spiro atoms. The van der Waals surface area contributed by atoms with E-state index in [-0.39, 0.29) is 174 Å². The lowest BCUT2D eigenvalue weighted by atomic mass is 10.00. The molecule has 0 aromatic rings. The van der Waals surface area contributed by atoms with Crippen LogP contribution >= 0.6 is 0 Å². The fourth-order valence-corrected chi connectivity index (χ4v) is 1.86. The molecule has 6 nitrogen and oxygen atoms in total. The van der Waals surface area contributed by atoms with Crippen LogP contribution in [0.2, 0.25) is 0 Å². The molecule has 0 aromatic heterocycles. The standard InChI is InChI=1S/C13H26BN3O3.21CH4/c1-4-5-12(8-13(19)20)9-15-10-17(14)7-6-16(3)11(2)18;;;;;;;;;;;;;;;;;;;;;/h12,15H,4-10H2,1-3H3,(H,19,20);21*1H4. The summed E-state index contributed by atoms with van der Waals surface area (Å²) in [4.78, 5) is 24.9. The Labute approximate surface area is 277 Å². The number of nitrogens with one attached hydrogen (secondary N) is 1. The van der Waals surface area contributed by atoms with Gasteiger partial charge in [-0.2, -0.15) is 0 Å². The predicted octanol–water partition coefficient (Wildman–Crippen LogP) is 13.6. The number of aliphatic carboxylic acids is 1. The lowest BCUT2D eigenvalue weighted by molar-refractivity contribution is -0.138. The maximum atomic E-state index is 11.0. The molecule has 41 heavy (non-hydrogen) atoms. The average molecular weight is 620 g/mol. The fourth-order valence-electron chi connectivity index (χ4n) is 1.86. The highest BCUT2D eigenvalue weighted by atomic mass is 16.4. The number of carbonyl (C=O) groups is 2. The number of carbonyl (C=O) groups excluding carboxylic acids is 1. The molecule has 1 atom stereocenters. The molecule has 0 aliphatic rings. The first-order chi connectivity index (χ1) is 9.36. The van der Waals surface area contributed by atoms with Gasteiger partial charge >= 0.3 is 5.97 Å². The summed E-state index contributed by atoms with van der Waals surface area (Å²) in [6.45, 7) is 5.81. The van der Waals surface area contributed by atoms with E-state index >= 15 is 0 Å². The summed E-state index contributed by atoms with van der Waals surface area (Å²) >= 11 is 0. The van der Waals surface area contributed by atoms with Gasteiger partial charge in [-0.05, 0) is 18.9 Å². The van der Waals surface area contributed by atoms with Crippen LogP contribution in [0.5, 0.6) is 0 Å². The molecule has 0 aromatic carbocycles. The van der Waals surface area contributed by atoms with E-state index in [9.17, 15) is 9.59 Å². The number of carboxylic acid groups (broad SMARTS) is 1. The van der Waals surface area contributed by atoms with Gasteiger partial charge in [0.1, 0.15) is 0 Å². The van der Waals surface area contributed by atoms with Gasteiger partial charge in [0.15, 0.2) is 7.98 Å². The van der Waals surface area contributed by atoms with Crippen molar-refractivity contribution in [2.75, 3.05) is 33.4 Å². The van der Waals surface area contributed by atoms with Crippen molar-refractivity contribution in [1.29, 1.82) is 0 Å². The van der Waals surface area contributed by atoms with Crippen LogP contribution in [-0.4, -0.2) is 68.0 Å². The topological polar surface area (TPSA) is 72.9 Å². The monoisotopic (exact) mass is 620 g/mol. The van der Waals surface area contributed by atoms with Crippen LogP contribution in [0.4, 0.5) is 0 Å². The fraction of sp³-hybridized carbons (Fsp3) is 0.941. The third-order valence-corrected chi connectivity index (χ3v) is 3.17. The maximum absolute atomic E-state index is 11.0. The van der Waals surface area contributed by atoms with Crippen molar-refractivity contribution in [3.8, 4) is 0 Å². The molecule has 0 saturated heterocycles. The third kappa shape index (κ3) is 121. The lowest BCUT2D eigenvalue weighted by Crippen LogP contribution is -2.40. The summed E-state index contributed by atoms with van der Waals surface area (Å²) in [5.41, 5.74) is 0. The Morgan fingerprint density at radius 2 is 1.00 bits per heavy atom. The van der Waals surface area contributed by atoms with Gasteiger partial charge in [0.05, 0.1) is 0 Å². The van der Waals surface area contributed by atoms with Crippen molar-refractivity contribution < 1.29 is 14.7 Å². The summed E-state index contributed by atoms with van der Waals surface area (Å²) in [6.07, 6.45) is 2.03. The highest BCUT2D eigenvalue weighted by molar-refractivity contribution is 6.04. The smallest absolute Gasteiger partial charge is 0.303 e. The minimum absolute atomic E-state index is 0. The zero-order valence-corrected chi connectivity index (χ0v) is 12.8. The Hall–Kier alpha value is -1.08. The Morgan fingerprint density at radius 3 is 1.24 bits per heavy atom. The van der Waals surface area contributed by atoms with Crippen molar-refractivity contribution >= 4 is 19.9 Å². The lowest BCUT2D eigenvalue weighted by Gasteiger charge is -2.23. The van der Waals surface area contributed by atoms with Crippen LogP contribution in [0.1, 0.15) is 189 Å². The van der Waals surface area contributed by atoms with Crippen LogP contribution in [0.15, 0.2) is 0 Å². The van der Waals surface area contributed by atoms with Crippen molar-refractivity contribution in [1.82, 2.24) is 15.0 Å². The summed E-state index contributed by atoms with van der Waals surface area (Å²) < 4.78 is 0. The molecule has 1 unspecified atom stereocenters. The average Bonchev–Trinajstić information content (AvgIpc) is 2.35. The molecule has 0 aliphatic carbocycles. The van der Waals surface area contributed by atoms with Crippen molar-refractivity contribution in [2.24, 2.45) is 5.92 Å².